The fraction of sp³-hybridized carbons (Fsp3) is 0.125. The van der Waals surface area contributed by atoms with Gasteiger partial charge in [-0.05, 0) is 6.07 Å². The van der Waals surface area contributed by atoms with E-state index in [1.165, 1.54) is 0 Å². The zero-order chi connectivity index (χ0) is 7.68. The van der Waals surface area contributed by atoms with Crippen LogP contribution in [0.15, 0.2) is 28.4 Å². The van der Waals surface area contributed by atoms with Gasteiger partial charge in [0.2, 0.25) is 0 Å². The van der Waals surface area contributed by atoms with Crippen molar-refractivity contribution in [2.24, 2.45) is 17.0 Å². The zero-order valence-corrected chi connectivity index (χ0v) is 6.15. The molecule has 1 aliphatic heterocycles. The molecule has 0 amide bonds. The molecule has 0 saturated carbocycles. The summed E-state index contributed by atoms with van der Waals surface area (Å²) in [5, 5.41) is 0. The van der Waals surface area contributed by atoms with Crippen molar-refractivity contribution >= 4 is 17.9 Å². The first-order valence-corrected chi connectivity index (χ1v) is 3.34. The van der Waals surface area contributed by atoms with Crippen molar-refractivity contribution in [1.82, 2.24) is 4.57 Å². The summed E-state index contributed by atoms with van der Waals surface area (Å²) >= 11 is 0. The van der Waals surface area contributed by atoms with Crippen LogP contribution in [0.1, 0.15) is 5.56 Å². The van der Waals surface area contributed by atoms with Crippen LogP contribution in [0.4, 0.5) is 5.82 Å². The number of nitrogens with zero attached hydrogens (tertiary/aromatic N) is 3. The molecule has 54 valence electrons. The molecule has 0 bridgehead atoms. The molecule has 0 saturated heterocycles. The summed E-state index contributed by atoms with van der Waals surface area (Å²) in [6.45, 7) is 0. The molecule has 3 heteroatoms. The molecule has 0 aliphatic carbocycles. The molecule has 0 N–H and O–H groups in total. The maximum Gasteiger partial charge on any atom is 0.150 e. The van der Waals surface area contributed by atoms with Gasteiger partial charge in [0.15, 0.2) is 5.82 Å². The molecule has 1 aromatic rings. The molecule has 0 atom stereocenters. The third kappa shape index (κ3) is 0.914. The van der Waals surface area contributed by atoms with Gasteiger partial charge in [-0.3, -0.25) is 4.99 Å². The molecule has 0 fully saturated rings. The molecule has 0 unspecified atom stereocenters. The van der Waals surface area contributed by atoms with Gasteiger partial charge in [0.25, 0.3) is 0 Å². The third-order valence-electron chi connectivity index (χ3n) is 1.59. The summed E-state index contributed by atoms with van der Waals surface area (Å²) in [6.07, 6.45) is 5.28. The van der Waals surface area contributed by atoms with E-state index in [0.29, 0.717) is 0 Å². The van der Waals surface area contributed by atoms with Gasteiger partial charge in [-0.2, -0.15) is 4.99 Å². The molecular formula is C8H7N3. The minimum absolute atomic E-state index is 0.905. The van der Waals surface area contributed by atoms with Crippen LogP contribution < -0.4 is 0 Å². The Labute approximate surface area is 64.4 Å². The standard InChI is InChI=1S/C8H7N3/c1-11-5-2-7-6-9-3-4-10-8(7)11/h2-3,5-6H,1H3. The molecule has 11 heavy (non-hydrogen) atoms. The Morgan fingerprint density at radius 1 is 1.55 bits per heavy atom. The Bertz CT molecular complexity index is 365. The van der Waals surface area contributed by atoms with Crippen LogP contribution in [0.5, 0.6) is 0 Å². The number of rotatable bonds is 0. The van der Waals surface area contributed by atoms with E-state index < -0.39 is 0 Å². The number of aliphatic imine (C=N–C) groups is 2. The van der Waals surface area contributed by atoms with Crippen molar-refractivity contribution < 1.29 is 0 Å². The molecule has 0 spiro atoms. The highest BCUT2D eigenvalue weighted by atomic mass is 15.0. The first-order valence-electron chi connectivity index (χ1n) is 3.34. The quantitative estimate of drug-likeness (QED) is 0.526. The Morgan fingerprint density at radius 2 is 2.45 bits per heavy atom. The number of hydrogen-bond acceptors (Lipinski definition) is 2. The Kier molecular flexibility index (Phi) is 1.24. The van der Waals surface area contributed by atoms with Crippen LogP contribution in [-0.4, -0.2) is 16.7 Å². The highest BCUT2D eigenvalue weighted by Crippen LogP contribution is 2.17. The van der Waals surface area contributed by atoms with Gasteiger partial charge < -0.3 is 4.57 Å². The van der Waals surface area contributed by atoms with Gasteiger partial charge in [0, 0.05) is 30.9 Å². The second-order valence-corrected chi connectivity index (χ2v) is 2.35. The average molecular weight is 145 g/mol. The first kappa shape index (κ1) is 6.13. The molecule has 1 aromatic heterocycles. The van der Waals surface area contributed by atoms with E-state index in [4.69, 9.17) is 0 Å². The van der Waals surface area contributed by atoms with E-state index in [0.717, 1.165) is 11.4 Å². The van der Waals surface area contributed by atoms with Gasteiger partial charge in [-0.15, -0.1) is 0 Å². The summed E-state index contributed by atoms with van der Waals surface area (Å²) in [7, 11) is 1.95. The van der Waals surface area contributed by atoms with E-state index in [2.05, 4.69) is 15.9 Å². The monoisotopic (exact) mass is 145 g/mol. The van der Waals surface area contributed by atoms with Crippen molar-refractivity contribution in [2.75, 3.05) is 0 Å². The van der Waals surface area contributed by atoms with Gasteiger partial charge in [-0.1, -0.05) is 0 Å². The number of aryl methyl sites for hydroxylation is 1. The highest BCUT2D eigenvalue weighted by molar-refractivity contribution is 5.88. The molecular weight excluding hydrogens is 138 g/mol. The van der Waals surface area contributed by atoms with Crippen LogP contribution >= 0.6 is 0 Å². The van der Waals surface area contributed by atoms with E-state index >= 15 is 0 Å². The molecule has 0 aromatic carbocycles. The summed E-state index contributed by atoms with van der Waals surface area (Å²) < 4.78 is 1.94. The molecule has 2 rings (SSSR count). The van der Waals surface area contributed by atoms with Crippen molar-refractivity contribution in [3.05, 3.63) is 24.0 Å². The minimum atomic E-state index is 0.905. The Balaban J connectivity index is 2.71. The predicted molar refractivity (Wildman–Crippen MR) is 44.7 cm³/mol. The van der Waals surface area contributed by atoms with Crippen LogP contribution in [0.2, 0.25) is 0 Å². The number of hydrogen-bond donors (Lipinski definition) is 0. The van der Waals surface area contributed by atoms with E-state index in [-0.39, 0.29) is 0 Å². The number of aromatic nitrogens is 1. The van der Waals surface area contributed by atoms with E-state index in [1.54, 1.807) is 12.4 Å². The second-order valence-electron chi connectivity index (χ2n) is 2.35. The van der Waals surface area contributed by atoms with Crippen molar-refractivity contribution in [3.8, 4) is 0 Å². The lowest BCUT2D eigenvalue weighted by Crippen LogP contribution is -1.83. The number of fused-ring (bicyclic) bond motifs is 1. The largest absolute Gasteiger partial charge is 0.335 e. The topological polar surface area (TPSA) is 29.6 Å². The van der Waals surface area contributed by atoms with Gasteiger partial charge in [-0.25, -0.2) is 0 Å². The van der Waals surface area contributed by atoms with Crippen molar-refractivity contribution in [3.63, 3.8) is 0 Å². The van der Waals surface area contributed by atoms with Gasteiger partial charge >= 0.3 is 0 Å². The molecule has 1 aliphatic rings. The zero-order valence-electron chi connectivity index (χ0n) is 6.15. The van der Waals surface area contributed by atoms with Gasteiger partial charge in [0.05, 0.1) is 6.20 Å². The predicted octanol–water partition coefficient (Wildman–Crippen LogP) is 1.27. The maximum atomic E-state index is 4.08. The minimum Gasteiger partial charge on any atom is -0.335 e. The van der Waals surface area contributed by atoms with Crippen LogP contribution in [0, 0.1) is 0 Å². The van der Waals surface area contributed by atoms with Gasteiger partial charge in [0.1, 0.15) is 0 Å². The first-order chi connectivity index (χ1) is 5.38. The van der Waals surface area contributed by atoms with Crippen LogP contribution in [-0.2, 0) is 7.05 Å². The summed E-state index contributed by atoms with van der Waals surface area (Å²) in [5.41, 5.74) is 1.04. The summed E-state index contributed by atoms with van der Waals surface area (Å²) in [5.74, 6) is 3.62. The Morgan fingerprint density at radius 3 is 3.36 bits per heavy atom. The SMILES string of the molecule is Cn1ccc2c1N=C=CN=C2. The smallest absolute Gasteiger partial charge is 0.150 e. The van der Waals surface area contributed by atoms with E-state index in [1.807, 2.05) is 23.9 Å². The van der Waals surface area contributed by atoms with Crippen molar-refractivity contribution in [2.45, 2.75) is 0 Å². The lowest BCUT2D eigenvalue weighted by Gasteiger charge is -1.93. The van der Waals surface area contributed by atoms with Crippen molar-refractivity contribution in [1.29, 1.82) is 0 Å². The van der Waals surface area contributed by atoms with E-state index in [9.17, 15) is 0 Å². The normalized spacial score (nSPS) is 13.2. The molecule has 3 nitrogen and oxygen atoms in total. The summed E-state index contributed by atoms with van der Waals surface area (Å²) in [6, 6.07) is 1.98. The molecule has 2 heterocycles. The fourth-order valence-electron chi connectivity index (χ4n) is 1.03. The highest BCUT2D eigenvalue weighted by Gasteiger charge is 2.02. The lowest BCUT2D eigenvalue weighted by molar-refractivity contribution is 0.927. The lowest BCUT2D eigenvalue weighted by atomic mass is 10.3. The fourth-order valence-corrected chi connectivity index (χ4v) is 1.03. The third-order valence-corrected chi connectivity index (χ3v) is 1.59. The maximum absolute atomic E-state index is 4.08. The second kappa shape index (κ2) is 2.22. The van der Waals surface area contributed by atoms with Crippen LogP contribution in [0.3, 0.4) is 0 Å². The summed E-state index contributed by atoms with van der Waals surface area (Å²) in [4.78, 5) is 8.04. The van der Waals surface area contributed by atoms with Crippen LogP contribution in [0.25, 0.3) is 0 Å². The Hall–Kier alpha value is -1.60. The molecule has 0 radical (unpaired) electrons. The average Bonchev–Trinajstić information content (AvgIpc) is 2.25.